The summed E-state index contributed by atoms with van der Waals surface area (Å²) >= 11 is 0. The Balaban J connectivity index is 1.90. The van der Waals surface area contributed by atoms with Crippen LogP contribution in [0.5, 0.6) is 0 Å². The summed E-state index contributed by atoms with van der Waals surface area (Å²) in [6, 6.07) is 4.08. The van der Waals surface area contributed by atoms with E-state index in [1.165, 1.54) is 0 Å². The molecule has 1 aromatic heterocycles. The predicted octanol–water partition coefficient (Wildman–Crippen LogP) is 2.25. The Labute approximate surface area is 117 Å². The zero-order chi connectivity index (χ0) is 14.2. The van der Waals surface area contributed by atoms with Crippen LogP contribution < -0.4 is 5.32 Å². The number of hydrogen-bond donors (Lipinski definition) is 2. The highest BCUT2D eigenvalue weighted by Gasteiger charge is 2.40. The van der Waals surface area contributed by atoms with E-state index in [9.17, 15) is 10.1 Å². The van der Waals surface area contributed by atoms with Gasteiger partial charge in [-0.3, -0.25) is 4.79 Å². The van der Waals surface area contributed by atoms with E-state index in [2.05, 4.69) is 16.4 Å². The molecular formula is C15H17N3O2. The SMILES string of the molecule is N#Cc1cc2c(nc1NC1(CC(=O)O)CCC1)CCC2. The molecule has 3 rings (SSSR count). The summed E-state index contributed by atoms with van der Waals surface area (Å²) in [4.78, 5) is 15.6. The number of aliphatic carboxylic acids is 1. The Hall–Kier alpha value is -2.09. The van der Waals surface area contributed by atoms with Crippen molar-refractivity contribution in [2.24, 2.45) is 0 Å². The van der Waals surface area contributed by atoms with Gasteiger partial charge in [-0.25, -0.2) is 4.98 Å². The van der Waals surface area contributed by atoms with E-state index in [1.54, 1.807) is 0 Å². The monoisotopic (exact) mass is 271 g/mol. The summed E-state index contributed by atoms with van der Waals surface area (Å²) in [7, 11) is 0. The fourth-order valence-electron chi connectivity index (χ4n) is 3.14. The van der Waals surface area contributed by atoms with Crippen molar-refractivity contribution >= 4 is 11.8 Å². The quantitative estimate of drug-likeness (QED) is 0.877. The van der Waals surface area contributed by atoms with Crippen molar-refractivity contribution in [1.29, 1.82) is 5.26 Å². The first-order chi connectivity index (χ1) is 9.62. The highest BCUT2D eigenvalue weighted by Crippen LogP contribution is 2.39. The number of rotatable bonds is 4. The Kier molecular flexibility index (Phi) is 3.09. The van der Waals surface area contributed by atoms with Crippen LogP contribution in [-0.2, 0) is 17.6 Å². The molecule has 2 aliphatic carbocycles. The van der Waals surface area contributed by atoms with Gasteiger partial charge in [-0.15, -0.1) is 0 Å². The Morgan fingerprint density at radius 1 is 1.45 bits per heavy atom. The first-order valence-electron chi connectivity index (χ1n) is 7.05. The summed E-state index contributed by atoms with van der Waals surface area (Å²) in [6.45, 7) is 0. The second-order valence-corrected chi connectivity index (χ2v) is 5.79. The number of nitrogens with zero attached hydrogens (tertiary/aromatic N) is 2. The number of carbonyl (C=O) groups is 1. The maximum atomic E-state index is 11.0. The van der Waals surface area contributed by atoms with Gasteiger partial charge in [0.25, 0.3) is 0 Å². The molecule has 0 aliphatic heterocycles. The number of hydrogen-bond acceptors (Lipinski definition) is 4. The molecule has 1 fully saturated rings. The van der Waals surface area contributed by atoms with Gasteiger partial charge in [-0.1, -0.05) is 0 Å². The maximum Gasteiger partial charge on any atom is 0.305 e. The lowest BCUT2D eigenvalue weighted by molar-refractivity contribution is -0.138. The summed E-state index contributed by atoms with van der Waals surface area (Å²) < 4.78 is 0. The minimum absolute atomic E-state index is 0.0800. The number of nitrogens with one attached hydrogen (secondary N) is 1. The molecule has 0 bridgehead atoms. The minimum Gasteiger partial charge on any atom is -0.481 e. The number of carboxylic acids is 1. The number of aromatic nitrogens is 1. The van der Waals surface area contributed by atoms with Crippen molar-refractivity contribution in [2.45, 2.75) is 50.5 Å². The van der Waals surface area contributed by atoms with E-state index >= 15 is 0 Å². The molecule has 0 amide bonds. The molecule has 0 unspecified atom stereocenters. The molecule has 104 valence electrons. The molecule has 2 aliphatic rings. The van der Waals surface area contributed by atoms with Crippen LogP contribution in [0.25, 0.3) is 0 Å². The molecule has 0 saturated heterocycles. The van der Waals surface area contributed by atoms with Crippen molar-refractivity contribution in [3.8, 4) is 6.07 Å². The van der Waals surface area contributed by atoms with E-state index in [0.29, 0.717) is 11.4 Å². The standard InChI is InChI=1S/C15H17N3O2/c16-9-11-7-10-3-1-4-12(10)17-14(11)18-15(5-2-6-15)8-13(19)20/h7H,1-6,8H2,(H,17,18)(H,19,20). The lowest BCUT2D eigenvalue weighted by Crippen LogP contribution is -2.47. The normalized spacial score (nSPS) is 18.8. The Morgan fingerprint density at radius 3 is 2.85 bits per heavy atom. The Morgan fingerprint density at radius 2 is 2.25 bits per heavy atom. The van der Waals surface area contributed by atoms with Crippen LogP contribution in [0.2, 0.25) is 0 Å². The molecule has 5 nitrogen and oxygen atoms in total. The first kappa shape index (κ1) is 12.9. The lowest BCUT2D eigenvalue weighted by Gasteiger charge is -2.42. The van der Waals surface area contributed by atoms with Crippen LogP contribution in [0.4, 0.5) is 5.82 Å². The number of aryl methyl sites for hydroxylation is 2. The van der Waals surface area contributed by atoms with E-state index in [-0.39, 0.29) is 6.42 Å². The number of anilines is 1. The van der Waals surface area contributed by atoms with Gasteiger partial charge in [0.15, 0.2) is 0 Å². The van der Waals surface area contributed by atoms with Gasteiger partial charge in [0, 0.05) is 11.2 Å². The van der Waals surface area contributed by atoms with Crippen LogP contribution in [0.3, 0.4) is 0 Å². The first-order valence-corrected chi connectivity index (χ1v) is 7.05. The summed E-state index contributed by atoms with van der Waals surface area (Å²) in [5.74, 6) is -0.244. The highest BCUT2D eigenvalue weighted by molar-refractivity contribution is 5.70. The van der Waals surface area contributed by atoms with Crippen LogP contribution in [0.15, 0.2) is 6.07 Å². The largest absolute Gasteiger partial charge is 0.481 e. The van der Waals surface area contributed by atoms with E-state index in [1.807, 2.05) is 6.07 Å². The molecule has 5 heteroatoms. The van der Waals surface area contributed by atoms with Crippen molar-refractivity contribution in [3.05, 3.63) is 22.9 Å². The maximum absolute atomic E-state index is 11.0. The Bertz CT molecular complexity index is 600. The summed E-state index contributed by atoms with van der Waals surface area (Å²) in [6.07, 6.45) is 5.76. The third kappa shape index (κ3) is 2.22. The molecule has 1 heterocycles. The molecule has 0 atom stereocenters. The number of fused-ring (bicyclic) bond motifs is 1. The van der Waals surface area contributed by atoms with E-state index < -0.39 is 11.5 Å². The van der Waals surface area contributed by atoms with E-state index in [4.69, 9.17) is 5.11 Å². The molecule has 1 saturated carbocycles. The predicted molar refractivity (Wildman–Crippen MR) is 73.4 cm³/mol. The molecule has 0 aromatic carbocycles. The van der Waals surface area contributed by atoms with Crippen molar-refractivity contribution in [1.82, 2.24) is 4.98 Å². The molecule has 1 aromatic rings. The van der Waals surface area contributed by atoms with Crippen molar-refractivity contribution in [3.63, 3.8) is 0 Å². The highest BCUT2D eigenvalue weighted by atomic mass is 16.4. The van der Waals surface area contributed by atoms with Crippen LogP contribution >= 0.6 is 0 Å². The van der Waals surface area contributed by atoms with E-state index in [0.717, 1.165) is 49.8 Å². The van der Waals surface area contributed by atoms with Gasteiger partial charge >= 0.3 is 5.97 Å². The number of carboxylic acid groups (broad SMARTS) is 1. The molecule has 0 radical (unpaired) electrons. The zero-order valence-electron chi connectivity index (χ0n) is 11.3. The van der Waals surface area contributed by atoms with Gasteiger partial charge in [-0.05, 0) is 50.2 Å². The molecule has 2 N–H and O–H groups in total. The topological polar surface area (TPSA) is 86.0 Å². The van der Waals surface area contributed by atoms with Gasteiger partial charge in [0.05, 0.1) is 12.0 Å². The zero-order valence-corrected chi connectivity index (χ0v) is 11.3. The smallest absolute Gasteiger partial charge is 0.305 e. The molecule has 0 spiro atoms. The lowest BCUT2D eigenvalue weighted by atomic mass is 9.74. The third-order valence-corrected chi connectivity index (χ3v) is 4.36. The minimum atomic E-state index is -0.808. The van der Waals surface area contributed by atoms with Crippen molar-refractivity contribution in [2.75, 3.05) is 5.32 Å². The number of nitriles is 1. The molecule has 20 heavy (non-hydrogen) atoms. The van der Waals surface area contributed by atoms with Gasteiger partial charge in [0.1, 0.15) is 11.9 Å². The average Bonchev–Trinajstić information content (AvgIpc) is 2.81. The van der Waals surface area contributed by atoms with Crippen molar-refractivity contribution < 1.29 is 9.90 Å². The fraction of sp³-hybridized carbons (Fsp3) is 0.533. The average molecular weight is 271 g/mol. The third-order valence-electron chi connectivity index (χ3n) is 4.36. The van der Waals surface area contributed by atoms with Crippen LogP contribution in [0, 0.1) is 11.3 Å². The fourth-order valence-corrected chi connectivity index (χ4v) is 3.14. The second kappa shape index (κ2) is 4.78. The summed E-state index contributed by atoms with van der Waals surface area (Å²) in [5, 5.41) is 21.6. The van der Waals surface area contributed by atoms with Crippen LogP contribution in [-0.4, -0.2) is 21.6 Å². The van der Waals surface area contributed by atoms with Gasteiger partial charge in [0.2, 0.25) is 0 Å². The number of pyridine rings is 1. The summed E-state index contributed by atoms with van der Waals surface area (Å²) in [5.41, 5.74) is 2.32. The van der Waals surface area contributed by atoms with Gasteiger partial charge in [-0.2, -0.15) is 5.26 Å². The molecular weight excluding hydrogens is 254 g/mol. The van der Waals surface area contributed by atoms with Crippen LogP contribution in [0.1, 0.15) is 48.9 Å². The second-order valence-electron chi connectivity index (χ2n) is 5.79. The van der Waals surface area contributed by atoms with Gasteiger partial charge < -0.3 is 10.4 Å².